The second kappa shape index (κ2) is 5.74. The van der Waals surface area contributed by atoms with E-state index in [0.29, 0.717) is 11.8 Å². The van der Waals surface area contributed by atoms with E-state index in [-0.39, 0.29) is 6.10 Å². The molecule has 0 radical (unpaired) electrons. The molecule has 1 fully saturated rings. The monoisotopic (exact) mass is 229 g/mol. The van der Waals surface area contributed by atoms with Gasteiger partial charge in [-0.15, -0.1) is 11.6 Å². The number of oxime groups is 1. The number of alkyl halides is 1. The molecule has 2 nitrogen and oxygen atoms in total. The lowest BCUT2D eigenvalue weighted by Gasteiger charge is -2.18. The summed E-state index contributed by atoms with van der Waals surface area (Å²) >= 11 is 5.77. The van der Waals surface area contributed by atoms with Gasteiger partial charge in [0.2, 0.25) is 0 Å². The second-order valence-corrected chi connectivity index (χ2v) is 5.02. The lowest BCUT2D eigenvalue weighted by molar-refractivity contribution is 0.102. The molecule has 0 N–H and O–H groups in total. The summed E-state index contributed by atoms with van der Waals surface area (Å²) in [5, 5.41) is 4.22. The number of hydrogen-bond acceptors (Lipinski definition) is 2. The summed E-state index contributed by atoms with van der Waals surface area (Å²) in [5.74, 6) is 1.25. The summed E-state index contributed by atoms with van der Waals surface area (Å²) in [5.41, 5.74) is 1.28. The van der Waals surface area contributed by atoms with Crippen molar-refractivity contribution in [3.63, 3.8) is 0 Å². The van der Waals surface area contributed by atoms with Crippen LogP contribution < -0.4 is 0 Å². The van der Waals surface area contributed by atoms with Gasteiger partial charge in [-0.25, -0.2) is 0 Å². The van der Waals surface area contributed by atoms with Crippen LogP contribution in [0.4, 0.5) is 0 Å². The quantitative estimate of drug-likeness (QED) is 0.662. The molecule has 0 aromatic rings. The number of hydrogen-bond donors (Lipinski definition) is 0. The predicted octanol–water partition coefficient (Wildman–Crippen LogP) is 3.73. The second-order valence-electron chi connectivity index (χ2n) is 4.71. The van der Waals surface area contributed by atoms with E-state index < -0.39 is 0 Å². The molecule has 1 heterocycles. The molecule has 0 saturated heterocycles. The van der Waals surface area contributed by atoms with Gasteiger partial charge in [-0.1, -0.05) is 37.3 Å². The molecule has 1 saturated carbocycles. The number of nitrogens with zero attached hydrogens (tertiary/aromatic N) is 1. The third-order valence-corrected chi connectivity index (χ3v) is 3.85. The maximum atomic E-state index is 5.77. The van der Waals surface area contributed by atoms with E-state index in [4.69, 9.17) is 16.4 Å². The molecule has 1 unspecified atom stereocenters. The Morgan fingerprint density at radius 2 is 1.80 bits per heavy atom. The third kappa shape index (κ3) is 3.10. The van der Waals surface area contributed by atoms with Crippen molar-refractivity contribution in [3.05, 3.63) is 0 Å². The molecule has 0 aromatic heterocycles. The Morgan fingerprint density at radius 1 is 1.13 bits per heavy atom. The normalized spacial score (nSPS) is 29.1. The standard InChI is InChI=1S/C12H20ClNO/c13-9-11-8-12(14-15-11)10-6-4-2-1-3-5-7-10/h10-11H,1-9H2. The van der Waals surface area contributed by atoms with Crippen molar-refractivity contribution in [2.24, 2.45) is 11.1 Å². The highest BCUT2D eigenvalue weighted by Gasteiger charge is 2.26. The molecule has 1 aliphatic carbocycles. The maximum absolute atomic E-state index is 5.77. The fraction of sp³-hybridized carbons (Fsp3) is 0.917. The van der Waals surface area contributed by atoms with Gasteiger partial charge in [-0.05, 0) is 12.8 Å². The van der Waals surface area contributed by atoms with Gasteiger partial charge in [0.05, 0.1) is 11.6 Å². The highest BCUT2D eigenvalue weighted by Crippen LogP contribution is 2.28. The molecule has 0 amide bonds. The Balaban J connectivity index is 1.85. The third-order valence-electron chi connectivity index (χ3n) is 3.50. The molecule has 15 heavy (non-hydrogen) atoms. The first-order valence-corrected chi connectivity index (χ1v) is 6.72. The molecule has 1 aliphatic heterocycles. The topological polar surface area (TPSA) is 21.6 Å². The van der Waals surface area contributed by atoms with Crippen LogP contribution in [0, 0.1) is 5.92 Å². The van der Waals surface area contributed by atoms with Gasteiger partial charge in [0.15, 0.2) is 0 Å². The van der Waals surface area contributed by atoms with Gasteiger partial charge >= 0.3 is 0 Å². The maximum Gasteiger partial charge on any atom is 0.146 e. The average Bonchev–Trinajstić information content (AvgIpc) is 2.65. The van der Waals surface area contributed by atoms with Crippen LogP contribution in [-0.4, -0.2) is 17.7 Å². The molecule has 3 heteroatoms. The van der Waals surface area contributed by atoms with Crippen molar-refractivity contribution >= 4 is 17.3 Å². The lowest BCUT2D eigenvalue weighted by atomic mass is 9.86. The SMILES string of the molecule is ClCC1CC(C2CCCCCCC2)=NO1. The highest BCUT2D eigenvalue weighted by atomic mass is 35.5. The summed E-state index contributed by atoms with van der Waals surface area (Å²) in [4.78, 5) is 5.30. The largest absolute Gasteiger partial charge is 0.391 e. The minimum absolute atomic E-state index is 0.145. The zero-order valence-corrected chi connectivity index (χ0v) is 10.0. The molecule has 0 bridgehead atoms. The van der Waals surface area contributed by atoms with Crippen LogP contribution in [0.3, 0.4) is 0 Å². The zero-order chi connectivity index (χ0) is 10.5. The molecule has 2 aliphatic rings. The van der Waals surface area contributed by atoms with Crippen LogP contribution in [0.2, 0.25) is 0 Å². The Kier molecular flexibility index (Phi) is 4.30. The Bertz CT molecular complexity index is 222. The van der Waals surface area contributed by atoms with Crippen LogP contribution in [0.25, 0.3) is 0 Å². The van der Waals surface area contributed by atoms with Gasteiger partial charge in [-0.3, -0.25) is 0 Å². The van der Waals surface area contributed by atoms with Crippen LogP contribution in [-0.2, 0) is 4.84 Å². The van der Waals surface area contributed by atoms with Crippen LogP contribution in [0.1, 0.15) is 51.4 Å². The summed E-state index contributed by atoms with van der Waals surface area (Å²) in [6.07, 6.45) is 10.6. The summed E-state index contributed by atoms with van der Waals surface area (Å²) in [6, 6.07) is 0. The smallest absolute Gasteiger partial charge is 0.146 e. The van der Waals surface area contributed by atoms with Crippen molar-refractivity contribution in [2.45, 2.75) is 57.5 Å². The fourth-order valence-corrected chi connectivity index (χ4v) is 2.73. The van der Waals surface area contributed by atoms with E-state index in [1.165, 1.54) is 50.7 Å². The molecule has 1 atom stereocenters. The fourth-order valence-electron chi connectivity index (χ4n) is 2.56. The summed E-state index contributed by atoms with van der Waals surface area (Å²) < 4.78 is 0. The minimum atomic E-state index is 0.145. The van der Waals surface area contributed by atoms with Crippen molar-refractivity contribution in [3.8, 4) is 0 Å². The van der Waals surface area contributed by atoms with Crippen molar-refractivity contribution < 1.29 is 4.84 Å². The van der Waals surface area contributed by atoms with Crippen LogP contribution in [0.5, 0.6) is 0 Å². The van der Waals surface area contributed by atoms with E-state index in [1.807, 2.05) is 0 Å². The Labute approximate surface area is 97.0 Å². The molecular weight excluding hydrogens is 210 g/mol. The molecule has 0 spiro atoms. The van der Waals surface area contributed by atoms with E-state index in [2.05, 4.69) is 5.16 Å². The lowest BCUT2D eigenvalue weighted by Crippen LogP contribution is -2.17. The van der Waals surface area contributed by atoms with Crippen molar-refractivity contribution in [2.75, 3.05) is 5.88 Å². The number of halogens is 1. The van der Waals surface area contributed by atoms with E-state index >= 15 is 0 Å². The number of rotatable bonds is 2. The Morgan fingerprint density at radius 3 is 2.40 bits per heavy atom. The average molecular weight is 230 g/mol. The molecular formula is C12H20ClNO. The predicted molar refractivity (Wildman–Crippen MR) is 63.5 cm³/mol. The first kappa shape index (κ1) is 11.3. The molecule has 86 valence electrons. The first-order chi connectivity index (χ1) is 7.40. The first-order valence-electron chi connectivity index (χ1n) is 6.18. The van der Waals surface area contributed by atoms with Gasteiger partial charge in [0, 0.05) is 12.3 Å². The highest BCUT2D eigenvalue weighted by molar-refractivity contribution is 6.18. The molecule has 0 aromatic carbocycles. The van der Waals surface area contributed by atoms with Gasteiger partial charge in [0.25, 0.3) is 0 Å². The Hall–Kier alpha value is -0.240. The zero-order valence-electron chi connectivity index (χ0n) is 9.25. The van der Waals surface area contributed by atoms with Gasteiger partial charge in [0.1, 0.15) is 6.10 Å². The van der Waals surface area contributed by atoms with Gasteiger partial charge < -0.3 is 4.84 Å². The van der Waals surface area contributed by atoms with E-state index in [9.17, 15) is 0 Å². The summed E-state index contributed by atoms with van der Waals surface area (Å²) in [6.45, 7) is 0. The van der Waals surface area contributed by atoms with Crippen molar-refractivity contribution in [1.29, 1.82) is 0 Å². The van der Waals surface area contributed by atoms with Gasteiger partial charge in [-0.2, -0.15) is 0 Å². The summed E-state index contributed by atoms with van der Waals surface area (Å²) in [7, 11) is 0. The van der Waals surface area contributed by atoms with E-state index in [0.717, 1.165) is 6.42 Å². The minimum Gasteiger partial charge on any atom is -0.391 e. The van der Waals surface area contributed by atoms with Crippen LogP contribution >= 0.6 is 11.6 Å². The molecule has 2 rings (SSSR count). The van der Waals surface area contributed by atoms with E-state index in [1.54, 1.807) is 0 Å². The van der Waals surface area contributed by atoms with Crippen LogP contribution in [0.15, 0.2) is 5.16 Å². The van der Waals surface area contributed by atoms with Crippen molar-refractivity contribution in [1.82, 2.24) is 0 Å².